The zero-order valence-electron chi connectivity index (χ0n) is 16.2. The minimum Gasteiger partial charge on any atom is -0.360 e. The van der Waals surface area contributed by atoms with E-state index in [1.807, 2.05) is 6.92 Å². The first kappa shape index (κ1) is 22.9. The predicted molar refractivity (Wildman–Crippen MR) is 129 cm³/mol. The number of aliphatic imine (C=N–C) groups is 1. The quantitative estimate of drug-likeness (QED) is 0.258. The maximum Gasteiger partial charge on any atom is 0.263 e. The minimum atomic E-state index is -0.0697. The normalized spacial score (nSPS) is 14.6. The Morgan fingerprint density at radius 2 is 2.04 bits per heavy atom. The number of guanidine groups is 1. The first-order valence-electron chi connectivity index (χ1n) is 9.19. The van der Waals surface area contributed by atoms with Crippen molar-refractivity contribution in [2.24, 2.45) is 4.99 Å². The Bertz CT molecular complexity index is 756. The SMILES string of the molecule is CCNC(=NCCNC(=O)c1scnc1C)N1CCN(c2cccs2)CC1.I. The Kier molecular flexibility index (Phi) is 9.45. The fraction of sp³-hybridized carbons (Fsp3) is 0.500. The highest BCUT2D eigenvalue weighted by atomic mass is 127. The van der Waals surface area contributed by atoms with Gasteiger partial charge in [-0.25, -0.2) is 4.98 Å². The molecular weight excluding hydrogens is 507 g/mol. The number of hydrogen-bond donors (Lipinski definition) is 2. The lowest BCUT2D eigenvalue weighted by atomic mass is 10.3. The van der Waals surface area contributed by atoms with Crippen molar-refractivity contribution in [2.45, 2.75) is 13.8 Å². The number of amides is 1. The summed E-state index contributed by atoms with van der Waals surface area (Å²) in [6, 6.07) is 4.27. The highest BCUT2D eigenvalue weighted by Gasteiger charge is 2.20. The number of thiazole rings is 1. The van der Waals surface area contributed by atoms with Crippen LogP contribution in [0.1, 0.15) is 22.3 Å². The van der Waals surface area contributed by atoms with Gasteiger partial charge in [0.15, 0.2) is 5.96 Å². The van der Waals surface area contributed by atoms with Crippen LogP contribution >= 0.6 is 46.7 Å². The van der Waals surface area contributed by atoms with E-state index in [0.717, 1.165) is 44.4 Å². The van der Waals surface area contributed by atoms with Crippen molar-refractivity contribution in [2.75, 3.05) is 50.7 Å². The van der Waals surface area contributed by atoms with Gasteiger partial charge in [0, 0.05) is 39.3 Å². The zero-order chi connectivity index (χ0) is 19.1. The molecule has 1 amide bonds. The maximum absolute atomic E-state index is 12.1. The largest absolute Gasteiger partial charge is 0.360 e. The molecule has 10 heteroatoms. The molecule has 0 saturated carbocycles. The van der Waals surface area contributed by atoms with Crippen molar-refractivity contribution in [3.05, 3.63) is 33.6 Å². The number of hydrogen-bond acceptors (Lipinski definition) is 6. The summed E-state index contributed by atoms with van der Waals surface area (Å²) in [5.74, 6) is 0.853. The second-order valence-electron chi connectivity index (χ2n) is 6.18. The molecular formula is C18H27IN6OS2. The number of thiophene rings is 1. The lowest BCUT2D eigenvalue weighted by molar-refractivity contribution is 0.0958. The van der Waals surface area contributed by atoms with E-state index in [9.17, 15) is 4.79 Å². The molecule has 0 radical (unpaired) electrons. The molecule has 3 heterocycles. The molecule has 1 fully saturated rings. The molecule has 2 N–H and O–H groups in total. The minimum absolute atomic E-state index is 0. The number of anilines is 1. The van der Waals surface area contributed by atoms with Crippen LogP contribution in [0, 0.1) is 6.92 Å². The summed E-state index contributed by atoms with van der Waals surface area (Å²) in [6.45, 7) is 9.69. The van der Waals surface area contributed by atoms with Crippen LogP contribution in [0.25, 0.3) is 0 Å². The molecule has 0 spiro atoms. The van der Waals surface area contributed by atoms with E-state index >= 15 is 0 Å². The fourth-order valence-corrected chi connectivity index (χ4v) is 4.45. The molecule has 28 heavy (non-hydrogen) atoms. The Hall–Kier alpha value is -1.40. The molecule has 1 aliphatic rings. The molecule has 0 aliphatic carbocycles. The summed E-state index contributed by atoms with van der Waals surface area (Å²) in [5, 5.41) is 9.74. The molecule has 1 saturated heterocycles. The predicted octanol–water partition coefficient (Wildman–Crippen LogP) is 2.65. The number of nitrogens with zero attached hydrogens (tertiary/aromatic N) is 4. The number of nitrogens with one attached hydrogen (secondary N) is 2. The first-order chi connectivity index (χ1) is 13.2. The average molecular weight is 534 g/mol. The van der Waals surface area contributed by atoms with Gasteiger partial charge in [0.25, 0.3) is 5.91 Å². The van der Waals surface area contributed by atoms with Crippen LogP contribution in [-0.4, -0.2) is 67.6 Å². The highest BCUT2D eigenvalue weighted by Crippen LogP contribution is 2.22. The van der Waals surface area contributed by atoms with E-state index in [-0.39, 0.29) is 29.9 Å². The molecule has 0 aromatic carbocycles. The van der Waals surface area contributed by atoms with Crippen molar-refractivity contribution in [1.29, 1.82) is 0 Å². The third kappa shape index (κ3) is 6.05. The number of aromatic nitrogens is 1. The van der Waals surface area contributed by atoms with Gasteiger partial charge in [-0.2, -0.15) is 0 Å². The summed E-state index contributed by atoms with van der Waals surface area (Å²) in [5.41, 5.74) is 2.47. The van der Waals surface area contributed by atoms with E-state index in [1.54, 1.807) is 16.8 Å². The fourth-order valence-electron chi connectivity index (χ4n) is 2.95. The second kappa shape index (κ2) is 11.6. The van der Waals surface area contributed by atoms with E-state index in [1.165, 1.54) is 16.3 Å². The molecule has 2 aromatic rings. The van der Waals surface area contributed by atoms with Crippen LogP contribution in [0.2, 0.25) is 0 Å². The van der Waals surface area contributed by atoms with Crippen LogP contribution < -0.4 is 15.5 Å². The highest BCUT2D eigenvalue weighted by molar-refractivity contribution is 14.0. The van der Waals surface area contributed by atoms with Crippen molar-refractivity contribution in [3.63, 3.8) is 0 Å². The van der Waals surface area contributed by atoms with E-state index in [0.29, 0.717) is 18.0 Å². The smallest absolute Gasteiger partial charge is 0.263 e. The maximum atomic E-state index is 12.1. The average Bonchev–Trinajstić information content (AvgIpc) is 3.36. The third-order valence-electron chi connectivity index (χ3n) is 4.34. The van der Waals surface area contributed by atoms with Gasteiger partial charge < -0.3 is 20.4 Å². The number of halogens is 1. The van der Waals surface area contributed by atoms with Gasteiger partial charge in [0.05, 0.1) is 22.8 Å². The zero-order valence-corrected chi connectivity index (χ0v) is 20.1. The molecule has 154 valence electrons. The molecule has 0 unspecified atom stereocenters. The summed E-state index contributed by atoms with van der Waals surface area (Å²) in [7, 11) is 0. The van der Waals surface area contributed by atoms with Gasteiger partial charge in [0.2, 0.25) is 0 Å². The Morgan fingerprint density at radius 3 is 2.64 bits per heavy atom. The van der Waals surface area contributed by atoms with Crippen molar-refractivity contribution < 1.29 is 4.79 Å². The van der Waals surface area contributed by atoms with Gasteiger partial charge in [-0.15, -0.1) is 46.7 Å². The molecule has 0 atom stereocenters. The molecule has 0 bridgehead atoms. The molecule has 1 aliphatic heterocycles. The topological polar surface area (TPSA) is 72.9 Å². The standard InChI is InChI=1S/C18H26N6OS2.HI/c1-3-19-18(21-7-6-20-17(25)16-14(2)22-13-27-16)24-10-8-23(9-11-24)15-5-4-12-26-15;/h4-5,12-13H,3,6-11H2,1-2H3,(H,19,21)(H,20,25);1H. The van der Waals surface area contributed by atoms with Crippen LogP contribution in [-0.2, 0) is 0 Å². The van der Waals surface area contributed by atoms with Crippen molar-refractivity contribution >= 4 is 63.5 Å². The van der Waals surface area contributed by atoms with Crippen molar-refractivity contribution in [1.82, 2.24) is 20.5 Å². The van der Waals surface area contributed by atoms with Crippen LogP contribution in [0.4, 0.5) is 5.00 Å². The van der Waals surface area contributed by atoms with Crippen LogP contribution in [0.3, 0.4) is 0 Å². The summed E-state index contributed by atoms with van der Waals surface area (Å²) in [4.78, 5) is 26.3. The number of carbonyl (C=O) groups is 1. The number of carbonyl (C=O) groups excluding carboxylic acids is 1. The third-order valence-corrected chi connectivity index (χ3v) is 6.20. The summed E-state index contributed by atoms with van der Waals surface area (Å²) in [6.07, 6.45) is 0. The van der Waals surface area contributed by atoms with Gasteiger partial charge in [0.1, 0.15) is 4.88 Å². The van der Waals surface area contributed by atoms with Crippen LogP contribution in [0.15, 0.2) is 28.0 Å². The van der Waals surface area contributed by atoms with Gasteiger partial charge in [-0.3, -0.25) is 9.79 Å². The number of piperazine rings is 1. The number of rotatable bonds is 6. The molecule has 2 aromatic heterocycles. The first-order valence-corrected chi connectivity index (χ1v) is 10.9. The Labute approximate surface area is 191 Å². The summed E-state index contributed by atoms with van der Waals surface area (Å²) >= 11 is 3.15. The van der Waals surface area contributed by atoms with Gasteiger partial charge >= 0.3 is 0 Å². The van der Waals surface area contributed by atoms with E-state index in [2.05, 4.69) is 54.8 Å². The Balaban J connectivity index is 0.00000280. The van der Waals surface area contributed by atoms with E-state index < -0.39 is 0 Å². The monoisotopic (exact) mass is 534 g/mol. The summed E-state index contributed by atoms with van der Waals surface area (Å²) < 4.78 is 0. The van der Waals surface area contributed by atoms with Gasteiger partial charge in [-0.1, -0.05) is 0 Å². The number of aryl methyl sites for hydroxylation is 1. The molecule has 7 nitrogen and oxygen atoms in total. The van der Waals surface area contributed by atoms with Crippen LogP contribution in [0.5, 0.6) is 0 Å². The lowest BCUT2D eigenvalue weighted by Crippen LogP contribution is -2.52. The second-order valence-corrected chi connectivity index (χ2v) is 7.96. The Morgan fingerprint density at radius 1 is 1.25 bits per heavy atom. The van der Waals surface area contributed by atoms with Gasteiger partial charge in [-0.05, 0) is 31.4 Å². The lowest BCUT2D eigenvalue weighted by Gasteiger charge is -2.37. The molecule has 3 rings (SSSR count). The van der Waals surface area contributed by atoms with E-state index in [4.69, 9.17) is 0 Å². The van der Waals surface area contributed by atoms with Crippen molar-refractivity contribution in [3.8, 4) is 0 Å².